The van der Waals surface area contributed by atoms with Crippen LogP contribution in [0.1, 0.15) is 72.6 Å². The molecule has 108 valence electrons. The van der Waals surface area contributed by atoms with Crippen molar-refractivity contribution in [2.24, 2.45) is 11.1 Å². The molecule has 1 amide bonds. The lowest BCUT2D eigenvalue weighted by Gasteiger charge is -2.25. The molecule has 0 aromatic carbocycles. The highest BCUT2D eigenvalue weighted by atomic mass is 16.1. The number of hydrogen-bond donors (Lipinski definition) is 2. The second-order valence-electron chi connectivity index (χ2n) is 6.15. The average molecular weight is 256 g/mol. The molecule has 0 aliphatic heterocycles. The third-order valence-corrected chi connectivity index (χ3v) is 3.33. The minimum absolute atomic E-state index is 0.0122. The first-order valence-corrected chi connectivity index (χ1v) is 7.43. The van der Waals surface area contributed by atoms with E-state index in [-0.39, 0.29) is 17.4 Å². The molecule has 0 fully saturated rings. The first kappa shape index (κ1) is 17.4. The van der Waals surface area contributed by atoms with Gasteiger partial charge in [-0.25, -0.2) is 0 Å². The molecule has 0 saturated carbocycles. The first-order chi connectivity index (χ1) is 8.41. The summed E-state index contributed by atoms with van der Waals surface area (Å²) in [4.78, 5) is 11.7. The standard InChI is InChI=1S/C15H32N2O/c1-5-7-8-10-15(3,4)12-17-14(18)11-13(16)9-6-2/h13H,5-12,16H2,1-4H3,(H,17,18). The highest BCUT2D eigenvalue weighted by molar-refractivity contribution is 5.76. The van der Waals surface area contributed by atoms with E-state index in [1.165, 1.54) is 25.7 Å². The smallest absolute Gasteiger partial charge is 0.221 e. The summed E-state index contributed by atoms with van der Waals surface area (Å²) in [5, 5.41) is 3.02. The summed E-state index contributed by atoms with van der Waals surface area (Å²) >= 11 is 0. The fourth-order valence-electron chi connectivity index (χ4n) is 2.06. The highest BCUT2D eigenvalue weighted by Crippen LogP contribution is 2.22. The summed E-state index contributed by atoms with van der Waals surface area (Å²) in [6, 6.07) is 0.0122. The van der Waals surface area contributed by atoms with Crippen LogP contribution in [0.15, 0.2) is 0 Å². The first-order valence-electron chi connectivity index (χ1n) is 7.43. The molecule has 0 rings (SSSR count). The average Bonchev–Trinajstić information content (AvgIpc) is 2.27. The van der Waals surface area contributed by atoms with Crippen LogP contribution in [0.25, 0.3) is 0 Å². The Kier molecular flexibility index (Phi) is 9.08. The van der Waals surface area contributed by atoms with Crippen LogP contribution in [-0.2, 0) is 4.79 Å². The molecule has 0 aromatic heterocycles. The highest BCUT2D eigenvalue weighted by Gasteiger charge is 2.18. The zero-order chi connectivity index (χ0) is 14.0. The second kappa shape index (κ2) is 9.37. The molecule has 18 heavy (non-hydrogen) atoms. The number of carbonyl (C=O) groups excluding carboxylic acids is 1. The number of amides is 1. The summed E-state index contributed by atoms with van der Waals surface area (Å²) in [5.74, 6) is 0.0968. The van der Waals surface area contributed by atoms with Crippen molar-refractivity contribution in [3.05, 3.63) is 0 Å². The third-order valence-electron chi connectivity index (χ3n) is 3.33. The van der Waals surface area contributed by atoms with E-state index in [4.69, 9.17) is 5.73 Å². The molecule has 0 radical (unpaired) electrons. The number of carbonyl (C=O) groups is 1. The van der Waals surface area contributed by atoms with Crippen molar-refractivity contribution < 1.29 is 4.79 Å². The normalized spacial score (nSPS) is 13.4. The zero-order valence-electron chi connectivity index (χ0n) is 12.7. The number of nitrogens with two attached hydrogens (primary N) is 1. The van der Waals surface area contributed by atoms with Gasteiger partial charge < -0.3 is 11.1 Å². The van der Waals surface area contributed by atoms with Gasteiger partial charge in [0, 0.05) is 19.0 Å². The van der Waals surface area contributed by atoms with Crippen LogP contribution in [0, 0.1) is 5.41 Å². The Morgan fingerprint density at radius 2 is 1.89 bits per heavy atom. The van der Waals surface area contributed by atoms with Crippen LogP contribution in [0.4, 0.5) is 0 Å². The molecule has 1 unspecified atom stereocenters. The van der Waals surface area contributed by atoms with Crippen LogP contribution < -0.4 is 11.1 Å². The topological polar surface area (TPSA) is 55.1 Å². The van der Waals surface area contributed by atoms with E-state index in [1.807, 2.05) is 0 Å². The predicted molar refractivity (Wildman–Crippen MR) is 78.4 cm³/mol. The van der Waals surface area contributed by atoms with Gasteiger partial charge in [-0.15, -0.1) is 0 Å². The summed E-state index contributed by atoms with van der Waals surface area (Å²) in [6.45, 7) is 9.50. The van der Waals surface area contributed by atoms with Crippen LogP contribution in [0.3, 0.4) is 0 Å². The van der Waals surface area contributed by atoms with Gasteiger partial charge in [-0.1, -0.05) is 53.4 Å². The predicted octanol–water partition coefficient (Wildman–Crippen LogP) is 3.23. The van der Waals surface area contributed by atoms with Crippen LogP contribution in [0.5, 0.6) is 0 Å². The van der Waals surface area contributed by atoms with Crippen molar-refractivity contribution in [3.8, 4) is 0 Å². The van der Waals surface area contributed by atoms with Crippen molar-refractivity contribution in [1.82, 2.24) is 5.32 Å². The molecular weight excluding hydrogens is 224 g/mol. The summed E-state index contributed by atoms with van der Waals surface area (Å²) in [7, 11) is 0. The lowest BCUT2D eigenvalue weighted by atomic mass is 9.87. The molecule has 3 nitrogen and oxygen atoms in total. The van der Waals surface area contributed by atoms with Crippen molar-refractivity contribution in [2.45, 2.75) is 78.7 Å². The van der Waals surface area contributed by atoms with E-state index in [2.05, 4.69) is 33.0 Å². The fraction of sp³-hybridized carbons (Fsp3) is 0.933. The van der Waals surface area contributed by atoms with E-state index in [0.717, 1.165) is 19.4 Å². The number of nitrogens with one attached hydrogen (secondary N) is 1. The van der Waals surface area contributed by atoms with Gasteiger partial charge >= 0.3 is 0 Å². The SMILES string of the molecule is CCCCCC(C)(C)CNC(=O)CC(N)CCC. The molecule has 0 saturated heterocycles. The van der Waals surface area contributed by atoms with Crippen molar-refractivity contribution in [3.63, 3.8) is 0 Å². The Labute approximate surface area is 113 Å². The minimum atomic E-state index is 0.0122. The van der Waals surface area contributed by atoms with Gasteiger partial charge in [0.25, 0.3) is 0 Å². The lowest BCUT2D eigenvalue weighted by molar-refractivity contribution is -0.121. The van der Waals surface area contributed by atoms with E-state index >= 15 is 0 Å². The van der Waals surface area contributed by atoms with Gasteiger partial charge in [-0.05, 0) is 18.3 Å². The molecule has 0 aliphatic carbocycles. The summed E-state index contributed by atoms with van der Waals surface area (Å²) < 4.78 is 0. The molecule has 0 heterocycles. The van der Waals surface area contributed by atoms with Gasteiger partial charge in [-0.3, -0.25) is 4.79 Å². The van der Waals surface area contributed by atoms with Gasteiger partial charge in [0.2, 0.25) is 5.91 Å². The van der Waals surface area contributed by atoms with E-state index in [9.17, 15) is 4.79 Å². The summed E-state index contributed by atoms with van der Waals surface area (Å²) in [5.41, 5.74) is 6.06. The summed E-state index contributed by atoms with van der Waals surface area (Å²) in [6.07, 6.45) is 7.35. The van der Waals surface area contributed by atoms with Crippen molar-refractivity contribution in [2.75, 3.05) is 6.54 Å². The van der Waals surface area contributed by atoms with Gasteiger partial charge in [-0.2, -0.15) is 0 Å². The van der Waals surface area contributed by atoms with Gasteiger partial charge in [0.15, 0.2) is 0 Å². The largest absolute Gasteiger partial charge is 0.356 e. The molecular formula is C15H32N2O. The molecule has 0 bridgehead atoms. The quantitative estimate of drug-likeness (QED) is 0.590. The van der Waals surface area contributed by atoms with Crippen molar-refractivity contribution >= 4 is 5.91 Å². The van der Waals surface area contributed by atoms with E-state index < -0.39 is 0 Å². The van der Waals surface area contributed by atoms with Crippen LogP contribution >= 0.6 is 0 Å². The number of hydrogen-bond acceptors (Lipinski definition) is 2. The Morgan fingerprint density at radius 3 is 2.44 bits per heavy atom. The number of unbranched alkanes of at least 4 members (excludes halogenated alkanes) is 2. The maximum absolute atomic E-state index is 11.7. The van der Waals surface area contributed by atoms with Crippen LogP contribution in [-0.4, -0.2) is 18.5 Å². The fourth-order valence-corrected chi connectivity index (χ4v) is 2.06. The van der Waals surface area contributed by atoms with Crippen LogP contribution in [0.2, 0.25) is 0 Å². The molecule has 0 aromatic rings. The van der Waals surface area contributed by atoms with Gasteiger partial charge in [0.1, 0.15) is 0 Å². The van der Waals surface area contributed by atoms with Gasteiger partial charge in [0.05, 0.1) is 0 Å². The monoisotopic (exact) mass is 256 g/mol. The third kappa shape index (κ3) is 9.46. The second-order valence-corrected chi connectivity index (χ2v) is 6.15. The molecule has 0 spiro atoms. The molecule has 1 atom stereocenters. The van der Waals surface area contributed by atoms with E-state index in [1.54, 1.807) is 0 Å². The maximum atomic E-state index is 11.7. The Hall–Kier alpha value is -0.570. The molecule has 3 heteroatoms. The zero-order valence-corrected chi connectivity index (χ0v) is 12.7. The molecule has 0 aliphatic rings. The minimum Gasteiger partial charge on any atom is -0.356 e. The van der Waals surface area contributed by atoms with E-state index in [0.29, 0.717) is 6.42 Å². The Morgan fingerprint density at radius 1 is 1.22 bits per heavy atom. The maximum Gasteiger partial charge on any atom is 0.221 e. The lowest BCUT2D eigenvalue weighted by Crippen LogP contribution is -2.37. The Bertz CT molecular complexity index is 227. The van der Waals surface area contributed by atoms with Crippen molar-refractivity contribution in [1.29, 1.82) is 0 Å². The molecule has 3 N–H and O–H groups in total. The number of rotatable bonds is 10. The Balaban J connectivity index is 3.81.